The average molecular weight is 615 g/mol. The Hall–Kier alpha value is -3.30. The summed E-state index contributed by atoms with van der Waals surface area (Å²) in [5, 5.41) is 19.9. The Morgan fingerprint density at radius 1 is 0.651 bits per heavy atom. The van der Waals surface area contributed by atoms with E-state index >= 15 is 0 Å². The van der Waals surface area contributed by atoms with Crippen LogP contribution in [0.4, 0.5) is 0 Å². The topological polar surface area (TPSA) is 275 Å². The lowest BCUT2D eigenvalue weighted by Gasteiger charge is -2.28. The van der Waals surface area contributed by atoms with E-state index in [4.69, 9.17) is 22.9 Å². The Labute approximate surface area is 254 Å². The van der Waals surface area contributed by atoms with E-state index in [0.29, 0.717) is 38.8 Å². The SMILES string of the molecule is CC(C)C[C@H](NC(=O)[C@@H](NC(=O)[C@@H](N)CCCCN)C(C)C)C(=O)N[C@@H](CCCCN)C(=O)N[C@@H](CCC(N)=O)C(=O)O. The summed E-state index contributed by atoms with van der Waals surface area (Å²) in [4.78, 5) is 75.3. The van der Waals surface area contributed by atoms with Crippen LogP contribution in [0.1, 0.15) is 85.5 Å². The molecule has 5 atom stereocenters. The van der Waals surface area contributed by atoms with Gasteiger partial charge in [-0.15, -0.1) is 0 Å². The first-order valence-electron chi connectivity index (χ1n) is 15.0. The molecule has 43 heavy (non-hydrogen) atoms. The molecule has 0 rings (SSSR count). The quantitative estimate of drug-likeness (QED) is 0.0605. The third-order valence-corrected chi connectivity index (χ3v) is 6.77. The molecule has 0 aromatic heterocycles. The fraction of sp³-hybridized carbons (Fsp3) is 0.786. The van der Waals surface area contributed by atoms with Crippen molar-refractivity contribution >= 4 is 35.5 Å². The number of carboxylic acids is 1. The summed E-state index contributed by atoms with van der Waals surface area (Å²) < 4.78 is 0. The van der Waals surface area contributed by atoms with Crippen molar-refractivity contribution in [2.24, 2.45) is 34.8 Å². The largest absolute Gasteiger partial charge is 0.480 e. The number of hydrogen-bond donors (Lipinski definition) is 9. The van der Waals surface area contributed by atoms with Crippen molar-refractivity contribution in [2.75, 3.05) is 13.1 Å². The van der Waals surface area contributed by atoms with Crippen LogP contribution in [-0.4, -0.2) is 83.9 Å². The van der Waals surface area contributed by atoms with Crippen molar-refractivity contribution in [3.05, 3.63) is 0 Å². The normalized spacial score (nSPS) is 14.7. The van der Waals surface area contributed by atoms with Crippen molar-refractivity contribution in [1.29, 1.82) is 0 Å². The first-order valence-corrected chi connectivity index (χ1v) is 15.0. The summed E-state index contributed by atoms with van der Waals surface area (Å²) in [6, 6.07) is -5.37. The number of nitrogens with two attached hydrogens (primary N) is 4. The van der Waals surface area contributed by atoms with E-state index in [1.165, 1.54) is 0 Å². The molecule has 0 aliphatic carbocycles. The number of rotatable bonds is 23. The maximum absolute atomic E-state index is 13.4. The lowest BCUT2D eigenvalue weighted by atomic mass is 9.98. The van der Waals surface area contributed by atoms with E-state index in [9.17, 15) is 33.9 Å². The van der Waals surface area contributed by atoms with Gasteiger partial charge in [0.1, 0.15) is 24.2 Å². The summed E-state index contributed by atoms with van der Waals surface area (Å²) in [7, 11) is 0. The standard InChI is InChI=1S/C28H54N8O7/c1-16(2)15-21(35-27(41)23(17(3)4)36-24(38)18(31)9-5-7-13-29)26(40)33-19(10-6-8-14-30)25(39)34-20(28(42)43)11-12-22(32)37/h16-21,23H,5-15,29-31H2,1-4H3,(H2,32,37)(H,33,40)(H,34,39)(H,35,41)(H,36,38)(H,42,43)/t18-,19-,20-,21-,23-/m0/s1. The van der Waals surface area contributed by atoms with Gasteiger partial charge in [-0.3, -0.25) is 24.0 Å². The maximum atomic E-state index is 13.4. The minimum atomic E-state index is -1.39. The summed E-state index contributed by atoms with van der Waals surface area (Å²) in [5.41, 5.74) is 22.2. The number of amides is 5. The van der Waals surface area contributed by atoms with Crippen molar-refractivity contribution < 1.29 is 33.9 Å². The molecular weight excluding hydrogens is 560 g/mol. The number of hydrogen-bond acceptors (Lipinski definition) is 9. The van der Waals surface area contributed by atoms with Gasteiger partial charge in [0, 0.05) is 6.42 Å². The van der Waals surface area contributed by atoms with Crippen LogP contribution in [0.15, 0.2) is 0 Å². The second-order valence-electron chi connectivity index (χ2n) is 11.6. The molecule has 0 unspecified atom stereocenters. The molecule has 0 bridgehead atoms. The first kappa shape index (κ1) is 39.7. The highest BCUT2D eigenvalue weighted by Crippen LogP contribution is 2.11. The van der Waals surface area contributed by atoms with Crippen LogP contribution in [-0.2, 0) is 28.8 Å². The van der Waals surface area contributed by atoms with Gasteiger partial charge in [-0.1, -0.05) is 34.1 Å². The number of nitrogens with one attached hydrogen (secondary N) is 4. The molecule has 248 valence electrons. The molecule has 0 aliphatic heterocycles. The van der Waals surface area contributed by atoms with Crippen molar-refractivity contribution in [2.45, 2.75) is 116 Å². The van der Waals surface area contributed by atoms with E-state index in [0.717, 1.165) is 6.42 Å². The van der Waals surface area contributed by atoms with Gasteiger partial charge in [0.2, 0.25) is 29.5 Å². The molecule has 0 aromatic rings. The van der Waals surface area contributed by atoms with Gasteiger partial charge in [-0.2, -0.15) is 0 Å². The average Bonchev–Trinajstić information content (AvgIpc) is 2.91. The zero-order valence-corrected chi connectivity index (χ0v) is 26.0. The molecule has 0 aromatic carbocycles. The van der Waals surface area contributed by atoms with Crippen LogP contribution in [0, 0.1) is 11.8 Å². The molecule has 13 N–H and O–H groups in total. The van der Waals surface area contributed by atoms with Crippen molar-refractivity contribution in [1.82, 2.24) is 21.3 Å². The van der Waals surface area contributed by atoms with Crippen molar-refractivity contribution in [3.63, 3.8) is 0 Å². The molecular formula is C28H54N8O7. The zero-order valence-electron chi connectivity index (χ0n) is 26.0. The van der Waals surface area contributed by atoms with Gasteiger partial charge < -0.3 is 49.3 Å². The van der Waals surface area contributed by atoms with E-state index in [-0.39, 0.29) is 37.5 Å². The molecule has 5 amide bonds. The number of carbonyl (C=O) groups is 6. The molecule has 0 saturated heterocycles. The molecule has 0 heterocycles. The van der Waals surface area contributed by atoms with Gasteiger partial charge in [-0.05, 0) is 69.9 Å². The number of aliphatic carboxylic acids is 1. The number of primary amides is 1. The van der Waals surface area contributed by atoms with Crippen molar-refractivity contribution in [3.8, 4) is 0 Å². The van der Waals surface area contributed by atoms with Crippen LogP contribution >= 0.6 is 0 Å². The molecule has 0 fully saturated rings. The monoisotopic (exact) mass is 614 g/mol. The molecule has 15 heteroatoms. The Balaban J connectivity index is 5.77. The van der Waals surface area contributed by atoms with E-state index in [2.05, 4.69) is 21.3 Å². The third-order valence-electron chi connectivity index (χ3n) is 6.77. The molecule has 0 saturated carbocycles. The zero-order chi connectivity index (χ0) is 33.1. The van der Waals surface area contributed by atoms with E-state index in [1.807, 2.05) is 13.8 Å². The van der Waals surface area contributed by atoms with Gasteiger partial charge in [-0.25, -0.2) is 4.79 Å². The summed E-state index contributed by atoms with van der Waals surface area (Å²) in [6.45, 7) is 8.04. The van der Waals surface area contributed by atoms with E-state index < -0.39 is 65.7 Å². The molecule has 0 spiro atoms. The van der Waals surface area contributed by atoms with Crippen LogP contribution in [0.25, 0.3) is 0 Å². The Kier molecular flexibility index (Phi) is 19.8. The number of carbonyl (C=O) groups excluding carboxylic acids is 5. The predicted molar refractivity (Wildman–Crippen MR) is 162 cm³/mol. The summed E-state index contributed by atoms with van der Waals surface area (Å²) >= 11 is 0. The van der Waals surface area contributed by atoms with Gasteiger partial charge in [0.05, 0.1) is 6.04 Å². The third kappa shape index (κ3) is 16.8. The van der Waals surface area contributed by atoms with Gasteiger partial charge in [0.15, 0.2) is 0 Å². The van der Waals surface area contributed by atoms with Gasteiger partial charge >= 0.3 is 5.97 Å². The smallest absolute Gasteiger partial charge is 0.326 e. The van der Waals surface area contributed by atoms with Crippen LogP contribution in [0.2, 0.25) is 0 Å². The van der Waals surface area contributed by atoms with Crippen LogP contribution in [0.5, 0.6) is 0 Å². The maximum Gasteiger partial charge on any atom is 0.326 e. The fourth-order valence-electron chi connectivity index (χ4n) is 4.25. The van der Waals surface area contributed by atoms with E-state index in [1.54, 1.807) is 13.8 Å². The van der Waals surface area contributed by atoms with Gasteiger partial charge in [0.25, 0.3) is 0 Å². The number of unbranched alkanes of at least 4 members (excludes halogenated alkanes) is 2. The lowest BCUT2D eigenvalue weighted by molar-refractivity contribution is -0.142. The first-order chi connectivity index (χ1) is 20.1. The summed E-state index contributed by atoms with van der Waals surface area (Å²) in [6.07, 6.45) is 2.72. The highest BCUT2D eigenvalue weighted by Gasteiger charge is 2.33. The number of carboxylic acid groups (broad SMARTS) is 1. The Morgan fingerprint density at radius 2 is 1.16 bits per heavy atom. The van der Waals surface area contributed by atoms with Crippen LogP contribution < -0.4 is 44.2 Å². The minimum Gasteiger partial charge on any atom is -0.480 e. The second kappa shape index (κ2) is 21.4. The molecule has 15 nitrogen and oxygen atoms in total. The summed E-state index contributed by atoms with van der Waals surface area (Å²) in [5.74, 6) is -4.91. The second-order valence-corrected chi connectivity index (χ2v) is 11.6. The minimum absolute atomic E-state index is 0.0335. The fourth-order valence-corrected chi connectivity index (χ4v) is 4.25. The predicted octanol–water partition coefficient (Wildman–Crippen LogP) is -1.44. The lowest BCUT2D eigenvalue weighted by Crippen LogP contribution is -2.59. The van der Waals surface area contributed by atoms with Crippen LogP contribution in [0.3, 0.4) is 0 Å². The highest BCUT2D eigenvalue weighted by atomic mass is 16.4. The Morgan fingerprint density at radius 3 is 1.65 bits per heavy atom. The Bertz CT molecular complexity index is 916. The molecule has 0 radical (unpaired) electrons. The highest BCUT2D eigenvalue weighted by molar-refractivity contribution is 5.95. The molecule has 0 aliphatic rings.